The zero-order valence-corrected chi connectivity index (χ0v) is 8.95. The van der Waals surface area contributed by atoms with Crippen LogP contribution < -0.4 is 5.56 Å². The lowest BCUT2D eigenvalue weighted by atomic mass is 10.4. The van der Waals surface area contributed by atoms with Crippen molar-refractivity contribution in [1.82, 2.24) is 14.0 Å². The van der Waals surface area contributed by atoms with Gasteiger partial charge in [0.2, 0.25) is 5.65 Å². The first-order chi connectivity index (χ1) is 7.07. The molecule has 2 rings (SSSR count). The summed E-state index contributed by atoms with van der Waals surface area (Å²) in [5.74, 6) is 0. The minimum Gasteiger partial charge on any atom is -0.310 e. The Labute approximate surface area is 89.9 Å². The number of fused-ring (bicyclic) bond motifs is 1. The van der Waals surface area contributed by atoms with Gasteiger partial charge in [-0.1, -0.05) is 11.6 Å². The molecule has 0 saturated heterocycles. The third kappa shape index (κ3) is 1.20. The minimum absolute atomic E-state index is 0.162. The van der Waals surface area contributed by atoms with E-state index >= 15 is 0 Å². The first-order valence-corrected chi connectivity index (χ1v) is 4.63. The molecule has 78 valence electrons. The highest BCUT2D eigenvalue weighted by molar-refractivity contribution is 6.30. The second-order valence-corrected chi connectivity index (χ2v) is 3.56. The van der Waals surface area contributed by atoms with Crippen molar-refractivity contribution in [3.63, 3.8) is 0 Å². The minimum atomic E-state index is -0.273. The van der Waals surface area contributed by atoms with Gasteiger partial charge in [-0.05, 0) is 6.92 Å². The van der Waals surface area contributed by atoms with Gasteiger partial charge in [0.25, 0.3) is 5.56 Å². The predicted octanol–water partition coefficient (Wildman–Crippen LogP) is 0.807. The maximum absolute atomic E-state index is 11.7. The standard InChI is InChI=1S/C9H8ClN3O2/c1-5-7(10)13-6(4-14)3-11-8(13)9(15)12(5)2/h3-4H,1-2H3. The average molecular weight is 226 g/mol. The van der Waals surface area contributed by atoms with Crippen molar-refractivity contribution < 1.29 is 4.79 Å². The number of halogens is 1. The molecule has 0 amide bonds. The van der Waals surface area contributed by atoms with Crippen molar-refractivity contribution in [2.45, 2.75) is 6.92 Å². The van der Waals surface area contributed by atoms with Crippen molar-refractivity contribution in [1.29, 1.82) is 0 Å². The summed E-state index contributed by atoms with van der Waals surface area (Å²) in [6, 6.07) is 0. The van der Waals surface area contributed by atoms with Crippen LogP contribution in [0, 0.1) is 6.92 Å². The summed E-state index contributed by atoms with van der Waals surface area (Å²) >= 11 is 6.03. The molecule has 2 heterocycles. The van der Waals surface area contributed by atoms with Crippen LogP contribution in [-0.2, 0) is 7.05 Å². The molecule has 0 bridgehead atoms. The molecular weight excluding hydrogens is 218 g/mol. The predicted molar refractivity (Wildman–Crippen MR) is 55.6 cm³/mol. The third-order valence-corrected chi connectivity index (χ3v) is 2.85. The van der Waals surface area contributed by atoms with E-state index in [1.165, 1.54) is 15.2 Å². The molecule has 0 radical (unpaired) electrons. The van der Waals surface area contributed by atoms with Crippen LogP contribution in [0.15, 0.2) is 11.0 Å². The highest BCUT2D eigenvalue weighted by Gasteiger charge is 2.13. The van der Waals surface area contributed by atoms with Gasteiger partial charge in [0.15, 0.2) is 6.29 Å². The fourth-order valence-electron chi connectivity index (χ4n) is 1.41. The zero-order valence-electron chi connectivity index (χ0n) is 8.19. The van der Waals surface area contributed by atoms with E-state index < -0.39 is 0 Å². The highest BCUT2D eigenvalue weighted by Crippen LogP contribution is 2.15. The van der Waals surface area contributed by atoms with Crippen LogP contribution in [0.3, 0.4) is 0 Å². The molecule has 0 spiro atoms. The normalized spacial score (nSPS) is 10.9. The number of carbonyl (C=O) groups excluding carboxylic acids is 1. The molecule has 0 aliphatic rings. The molecule has 2 aromatic heterocycles. The number of imidazole rings is 1. The van der Waals surface area contributed by atoms with E-state index in [1.54, 1.807) is 14.0 Å². The number of aromatic nitrogens is 3. The molecule has 2 aromatic rings. The zero-order chi connectivity index (χ0) is 11.2. The van der Waals surface area contributed by atoms with E-state index in [4.69, 9.17) is 11.6 Å². The van der Waals surface area contributed by atoms with Crippen LogP contribution in [-0.4, -0.2) is 20.2 Å². The molecule has 6 heteroatoms. The molecule has 0 fully saturated rings. The van der Waals surface area contributed by atoms with E-state index in [0.717, 1.165) is 0 Å². The Morgan fingerprint density at radius 1 is 1.53 bits per heavy atom. The monoisotopic (exact) mass is 225 g/mol. The summed E-state index contributed by atoms with van der Waals surface area (Å²) in [5.41, 5.74) is 0.756. The van der Waals surface area contributed by atoms with E-state index in [1.807, 2.05) is 0 Å². The molecule has 0 aliphatic heterocycles. The van der Waals surface area contributed by atoms with Crippen molar-refractivity contribution >= 4 is 23.5 Å². The van der Waals surface area contributed by atoms with Crippen molar-refractivity contribution in [3.8, 4) is 0 Å². The van der Waals surface area contributed by atoms with Gasteiger partial charge in [-0.3, -0.25) is 14.0 Å². The summed E-state index contributed by atoms with van der Waals surface area (Å²) < 4.78 is 2.76. The van der Waals surface area contributed by atoms with E-state index in [0.29, 0.717) is 17.1 Å². The van der Waals surface area contributed by atoms with Crippen LogP contribution in [0.25, 0.3) is 5.65 Å². The van der Waals surface area contributed by atoms with Gasteiger partial charge < -0.3 is 4.57 Å². The quantitative estimate of drug-likeness (QED) is 0.675. The van der Waals surface area contributed by atoms with Crippen LogP contribution in [0.1, 0.15) is 16.2 Å². The largest absolute Gasteiger partial charge is 0.310 e. The van der Waals surface area contributed by atoms with Crippen molar-refractivity contribution in [2.75, 3.05) is 0 Å². The number of aldehydes is 1. The lowest BCUT2D eigenvalue weighted by Gasteiger charge is -2.07. The maximum Gasteiger partial charge on any atom is 0.294 e. The van der Waals surface area contributed by atoms with Gasteiger partial charge in [-0.15, -0.1) is 0 Å². The lowest BCUT2D eigenvalue weighted by molar-refractivity contribution is 0.111. The van der Waals surface area contributed by atoms with E-state index in [-0.39, 0.29) is 16.9 Å². The average Bonchev–Trinajstić information content (AvgIpc) is 2.67. The molecule has 5 nitrogen and oxygen atoms in total. The second-order valence-electron chi connectivity index (χ2n) is 3.20. The number of hydrogen-bond acceptors (Lipinski definition) is 3. The summed E-state index contributed by atoms with van der Waals surface area (Å²) in [6.45, 7) is 1.71. The van der Waals surface area contributed by atoms with Gasteiger partial charge >= 0.3 is 0 Å². The third-order valence-electron chi connectivity index (χ3n) is 2.40. The first-order valence-electron chi connectivity index (χ1n) is 4.25. The highest BCUT2D eigenvalue weighted by atomic mass is 35.5. The van der Waals surface area contributed by atoms with E-state index in [2.05, 4.69) is 4.98 Å². The first kappa shape index (κ1) is 9.92. The molecule has 15 heavy (non-hydrogen) atoms. The Morgan fingerprint density at radius 2 is 2.20 bits per heavy atom. The lowest BCUT2D eigenvalue weighted by Crippen LogP contribution is -2.22. The van der Waals surface area contributed by atoms with Gasteiger partial charge in [0.1, 0.15) is 10.8 Å². The topological polar surface area (TPSA) is 56.4 Å². The van der Waals surface area contributed by atoms with Crippen LogP contribution >= 0.6 is 11.6 Å². The van der Waals surface area contributed by atoms with Crippen LogP contribution in [0.4, 0.5) is 0 Å². The number of carbonyl (C=O) groups is 1. The number of rotatable bonds is 1. The summed E-state index contributed by atoms with van der Waals surface area (Å²) in [7, 11) is 1.61. The summed E-state index contributed by atoms with van der Waals surface area (Å²) in [4.78, 5) is 26.3. The molecule has 0 saturated carbocycles. The van der Waals surface area contributed by atoms with Crippen molar-refractivity contribution in [2.24, 2.45) is 7.05 Å². The molecule has 0 N–H and O–H groups in total. The molecule has 0 atom stereocenters. The molecule has 0 aromatic carbocycles. The molecule has 0 unspecified atom stereocenters. The Hall–Kier alpha value is -1.62. The Morgan fingerprint density at radius 3 is 2.80 bits per heavy atom. The maximum atomic E-state index is 11.7. The van der Waals surface area contributed by atoms with Gasteiger partial charge in [-0.25, -0.2) is 4.98 Å². The molecule has 0 aliphatic carbocycles. The summed E-state index contributed by atoms with van der Waals surface area (Å²) in [6.07, 6.45) is 1.94. The summed E-state index contributed by atoms with van der Waals surface area (Å²) in [5, 5.41) is 0.326. The Bertz CT molecular complexity index is 612. The fraction of sp³-hybridized carbons (Fsp3) is 0.222. The number of nitrogens with zero attached hydrogens (tertiary/aromatic N) is 3. The fourth-order valence-corrected chi connectivity index (χ4v) is 1.71. The smallest absolute Gasteiger partial charge is 0.294 e. The van der Waals surface area contributed by atoms with Gasteiger partial charge in [0.05, 0.1) is 11.9 Å². The van der Waals surface area contributed by atoms with Gasteiger partial charge in [0, 0.05) is 7.05 Å². The Balaban J connectivity index is 3.10. The van der Waals surface area contributed by atoms with E-state index in [9.17, 15) is 9.59 Å². The SMILES string of the molecule is Cc1c(Cl)n2c(C=O)cnc2c(=O)n1C. The Kier molecular flexibility index (Phi) is 2.12. The van der Waals surface area contributed by atoms with Gasteiger partial charge in [-0.2, -0.15) is 0 Å². The number of hydrogen-bond donors (Lipinski definition) is 0. The molecular formula is C9H8ClN3O2. The van der Waals surface area contributed by atoms with Crippen LogP contribution in [0.5, 0.6) is 0 Å². The second kappa shape index (κ2) is 3.20. The van der Waals surface area contributed by atoms with Crippen LogP contribution in [0.2, 0.25) is 5.15 Å². The van der Waals surface area contributed by atoms with Crippen molar-refractivity contribution in [3.05, 3.63) is 33.1 Å².